The molecule has 4 heteroatoms. The normalized spacial score (nSPS) is 9.42. The van der Waals surface area contributed by atoms with Gasteiger partial charge in [-0.2, -0.15) is 5.10 Å². The molecule has 4 nitrogen and oxygen atoms in total. The molecule has 1 aromatic rings. The van der Waals surface area contributed by atoms with Gasteiger partial charge >= 0.3 is 0 Å². The van der Waals surface area contributed by atoms with Crippen molar-refractivity contribution >= 4 is 11.7 Å². The van der Waals surface area contributed by atoms with Crippen molar-refractivity contribution in [3.63, 3.8) is 0 Å². The Morgan fingerprint density at radius 1 is 1.92 bits per heavy atom. The molecule has 0 spiro atoms. The molecule has 0 atom stereocenters. The van der Waals surface area contributed by atoms with E-state index >= 15 is 0 Å². The van der Waals surface area contributed by atoms with Gasteiger partial charge in [-0.05, 0) is 13.0 Å². The van der Waals surface area contributed by atoms with Gasteiger partial charge in [0.05, 0.1) is 0 Å². The van der Waals surface area contributed by atoms with Crippen LogP contribution in [0.3, 0.4) is 0 Å². The second-order valence-corrected chi connectivity index (χ2v) is 2.25. The van der Waals surface area contributed by atoms with Crippen LogP contribution in [-0.2, 0) is 11.3 Å². The first-order valence-electron chi connectivity index (χ1n) is 3.73. The first kappa shape index (κ1) is 8.52. The molecule has 1 aromatic heterocycles. The summed E-state index contributed by atoms with van der Waals surface area (Å²) in [5.41, 5.74) is 0. The molecular weight excluding hydrogens is 154 g/mol. The van der Waals surface area contributed by atoms with Gasteiger partial charge < -0.3 is 5.32 Å². The maximum absolute atomic E-state index is 10.8. The van der Waals surface area contributed by atoms with Gasteiger partial charge in [-0.15, -0.1) is 0 Å². The van der Waals surface area contributed by atoms with Crippen LogP contribution in [0.2, 0.25) is 0 Å². The van der Waals surface area contributed by atoms with Gasteiger partial charge in [0.15, 0.2) is 5.82 Å². The van der Waals surface area contributed by atoms with E-state index in [0.29, 0.717) is 5.82 Å². The van der Waals surface area contributed by atoms with Gasteiger partial charge in [0.25, 0.3) is 0 Å². The molecule has 0 saturated carbocycles. The summed E-state index contributed by atoms with van der Waals surface area (Å²) in [7, 11) is 0. The molecule has 1 rings (SSSR count). The number of hydrogen-bond donors (Lipinski definition) is 1. The number of rotatable bonds is 3. The Morgan fingerprint density at radius 3 is 3.17 bits per heavy atom. The van der Waals surface area contributed by atoms with Crippen molar-refractivity contribution in [3.05, 3.63) is 24.9 Å². The van der Waals surface area contributed by atoms with Crippen LogP contribution in [0.4, 0.5) is 5.82 Å². The molecule has 64 valence electrons. The highest BCUT2D eigenvalue weighted by molar-refractivity contribution is 5.98. The van der Waals surface area contributed by atoms with Crippen LogP contribution in [0.1, 0.15) is 6.92 Å². The quantitative estimate of drug-likeness (QED) is 0.680. The number of aryl methyl sites for hydroxylation is 1. The molecule has 0 unspecified atom stereocenters. The van der Waals surface area contributed by atoms with E-state index in [-0.39, 0.29) is 5.91 Å². The van der Waals surface area contributed by atoms with Crippen LogP contribution in [0.15, 0.2) is 24.9 Å². The Kier molecular flexibility index (Phi) is 2.63. The Bertz CT molecular complexity index is 290. The summed E-state index contributed by atoms with van der Waals surface area (Å²) in [6.07, 6.45) is 3.02. The Labute approximate surface area is 70.9 Å². The molecule has 1 N–H and O–H groups in total. The number of amides is 1. The SMILES string of the molecule is C=CC(=O)Nc1ccn(CC)n1. The van der Waals surface area contributed by atoms with Crippen LogP contribution in [0.5, 0.6) is 0 Å². The molecule has 0 bridgehead atoms. The lowest BCUT2D eigenvalue weighted by Gasteiger charge is -1.95. The summed E-state index contributed by atoms with van der Waals surface area (Å²) >= 11 is 0. The minimum absolute atomic E-state index is 0.239. The van der Waals surface area contributed by atoms with Crippen LogP contribution < -0.4 is 5.32 Å². The molecule has 1 heterocycles. The summed E-state index contributed by atoms with van der Waals surface area (Å²) in [6, 6.07) is 1.74. The second-order valence-electron chi connectivity index (χ2n) is 2.25. The molecular formula is C8H11N3O. The highest BCUT2D eigenvalue weighted by atomic mass is 16.1. The molecule has 0 fully saturated rings. The first-order valence-corrected chi connectivity index (χ1v) is 3.73. The summed E-state index contributed by atoms with van der Waals surface area (Å²) in [5.74, 6) is 0.318. The standard InChI is InChI=1S/C8H11N3O/c1-3-8(12)9-7-5-6-11(4-2)10-7/h3,5-6H,1,4H2,2H3,(H,9,10,12). The van der Waals surface area contributed by atoms with Crippen molar-refractivity contribution < 1.29 is 4.79 Å². The lowest BCUT2D eigenvalue weighted by Crippen LogP contribution is -2.08. The molecule has 0 aliphatic carbocycles. The first-order chi connectivity index (χ1) is 5.76. The number of hydrogen-bond acceptors (Lipinski definition) is 2. The van der Waals surface area contributed by atoms with Crippen molar-refractivity contribution in [2.75, 3.05) is 5.32 Å². The van der Waals surface area contributed by atoms with E-state index in [1.807, 2.05) is 6.92 Å². The fourth-order valence-electron chi connectivity index (χ4n) is 0.782. The van der Waals surface area contributed by atoms with Crippen molar-refractivity contribution in [3.8, 4) is 0 Å². The van der Waals surface area contributed by atoms with Crippen LogP contribution in [-0.4, -0.2) is 15.7 Å². The minimum atomic E-state index is -0.239. The zero-order valence-electron chi connectivity index (χ0n) is 6.95. The maximum atomic E-state index is 10.8. The van der Waals surface area contributed by atoms with Gasteiger partial charge in [0, 0.05) is 18.8 Å². The lowest BCUT2D eigenvalue weighted by atomic mass is 10.5. The topological polar surface area (TPSA) is 46.9 Å². The third kappa shape index (κ3) is 1.95. The van der Waals surface area contributed by atoms with Gasteiger partial charge in [-0.25, -0.2) is 0 Å². The summed E-state index contributed by atoms with van der Waals surface area (Å²) in [5, 5.41) is 6.61. The van der Waals surface area contributed by atoms with Gasteiger partial charge in [0.2, 0.25) is 5.91 Å². The van der Waals surface area contributed by atoms with Crippen LogP contribution in [0, 0.1) is 0 Å². The van der Waals surface area contributed by atoms with E-state index in [1.165, 1.54) is 6.08 Å². The van der Waals surface area contributed by atoms with Crippen molar-refractivity contribution in [1.82, 2.24) is 9.78 Å². The van der Waals surface area contributed by atoms with Gasteiger partial charge in [-0.3, -0.25) is 9.48 Å². The molecule has 0 saturated heterocycles. The van der Waals surface area contributed by atoms with E-state index in [0.717, 1.165) is 6.54 Å². The van der Waals surface area contributed by atoms with Crippen LogP contribution >= 0.6 is 0 Å². The Hall–Kier alpha value is -1.58. The maximum Gasteiger partial charge on any atom is 0.248 e. The summed E-state index contributed by atoms with van der Waals surface area (Å²) < 4.78 is 1.73. The fraction of sp³-hybridized carbons (Fsp3) is 0.250. The average Bonchev–Trinajstić information content (AvgIpc) is 2.52. The average molecular weight is 165 g/mol. The Morgan fingerprint density at radius 2 is 2.67 bits per heavy atom. The molecule has 0 aromatic carbocycles. The number of anilines is 1. The third-order valence-electron chi connectivity index (χ3n) is 1.40. The van der Waals surface area contributed by atoms with Crippen molar-refractivity contribution in [2.45, 2.75) is 13.5 Å². The van der Waals surface area contributed by atoms with E-state index in [9.17, 15) is 4.79 Å². The molecule has 0 radical (unpaired) electrons. The summed E-state index contributed by atoms with van der Waals surface area (Å²) in [4.78, 5) is 10.8. The molecule has 0 aliphatic rings. The smallest absolute Gasteiger partial charge is 0.248 e. The van der Waals surface area contributed by atoms with E-state index in [2.05, 4.69) is 17.0 Å². The van der Waals surface area contributed by atoms with Crippen LogP contribution in [0.25, 0.3) is 0 Å². The predicted octanol–water partition coefficient (Wildman–Crippen LogP) is 1.03. The zero-order chi connectivity index (χ0) is 8.97. The third-order valence-corrected chi connectivity index (χ3v) is 1.40. The van der Waals surface area contributed by atoms with Gasteiger partial charge in [0.1, 0.15) is 0 Å². The molecule has 1 amide bonds. The van der Waals surface area contributed by atoms with E-state index in [4.69, 9.17) is 0 Å². The van der Waals surface area contributed by atoms with Crippen molar-refractivity contribution in [1.29, 1.82) is 0 Å². The predicted molar refractivity (Wildman–Crippen MR) is 46.7 cm³/mol. The van der Waals surface area contributed by atoms with Gasteiger partial charge in [-0.1, -0.05) is 6.58 Å². The monoisotopic (exact) mass is 165 g/mol. The highest BCUT2D eigenvalue weighted by Gasteiger charge is 1.99. The lowest BCUT2D eigenvalue weighted by molar-refractivity contribution is -0.111. The largest absolute Gasteiger partial charge is 0.306 e. The number of carbonyl (C=O) groups is 1. The highest BCUT2D eigenvalue weighted by Crippen LogP contribution is 2.01. The number of nitrogens with zero attached hydrogens (tertiary/aromatic N) is 2. The number of nitrogens with one attached hydrogen (secondary N) is 1. The van der Waals surface area contributed by atoms with Crippen molar-refractivity contribution in [2.24, 2.45) is 0 Å². The van der Waals surface area contributed by atoms with E-state index < -0.39 is 0 Å². The van der Waals surface area contributed by atoms with E-state index in [1.54, 1.807) is 16.9 Å². The Balaban J connectivity index is 2.63. The second kappa shape index (κ2) is 3.71. The zero-order valence-corrected chi connectivity index (χ0v) is 6.95. The number of carbonyl (C=O) groups excluding carboxylic acids is 1. The molecule has 0 aliphatic heterocycles. The summed E-state index contributed by atoms with van der Waals surface area (Å²) in [6.45, 7) is 6.11. The molecule has 12 heavy (non-hydrogen) atoms. The number of aromatic nitrogens is 2. The fourth-order valence-corrected chi connectivity index (χ4v) is 0.782. The minimum Gasteiger partial charge on any atom is -0.306 e.